The first-order valence-electron chi connectivity index (χ1n) is 6.26. The first-order chi connectivity index (χ1) is 9.53. The molecule has 1 aromatic heterocycles. The van der Waals surface area contributed by atoms with E-state index in [4.69, 9.17) is 15.9 Å². The number of aryl methyl sites for hydroxylation is 1. The molecular weight excluding hydrogens is 319 g/mol. The third-order valence-electron chi connectivity index (χ3n) is 3.23. The van der Waals surface area contributed by atoms with Gasteiger partial charge in [-0.1, -0.05) is 0 Å². The molecule has 0 atom stereocenters. The minimum atomic E-state index is -0.372. The van der Waals surface area contributed by atoms with E-state index in [1.54, 1.807) is 0 Å². The van der Waals surface area contributed by atoms with Gasteiger partial charge in [0, 0.05) is 0 Å². The van der Waals surface area contributed by atoms with Gasteiger partial charge in [-0.15, -0.1) is 0 Å². The molecule has 0 spiro atoms. The number of fused-ring (bicyclic) bond motifs is 3. The first kappa shape index (κ1) is 13.2. The third kappa shape index (κ3) is 2.02. The third-order valence-corrected chi connectivity index (χ3v) is 5.39. The Balaban J connectivity index is 2.15. The van der Waals surface area contributed by atoms with Crippen molar-refractivity contribution in [1.29, 1.82) is 0 Å². The van der Waals surface area contributed by atoms with E-state index in [-0.39, 0.29) is 26.9 Å². The fraction of sp³-hybridized carbons (Fsp3) is 0.333. The van der Waals surface area contributed by atoms with Crippen molar-refractivity contribution in [2.24, 2.45) is 0 Å². The van der Waals surface area contributed by atoms with Crippen molar-refractivity contribution in [3.05, 3.63) is 22.1 Å². The van der Waals surface area contributed by atoms with Crippen LogP contribution >= 0.6 is 0 Å². The van der Waals surface area contributed by atoms with Crippen molar-refractivity contribution in [2.75, 3.05) is 6.61 Å². The van der Waals surface area contributed by atoms with Crippen LogP contribution in [0.15, 0.2) is 12.1 Å². The molecule has 0 bridgehead atoms. The summed E-state index contributed by atoms with van der Waals surface area (Å²) in [5.41, 5.74) is 2.69. The van der Waals surface area contributed by atoms with Crippen LogP contribution in [0.5, 0.6) is 11.5 Å². The van der Waals surface area contributed by atoms with Gasteiger partial charge in [0.2, 0.25) is 0 Å². The van der Waals surface area contributed by atoms with E-state index in [1.807, 2.05) is 32.9 Å². The van der Waals surface area contributed by atoms with Gasteiger partial charge >= 0.3 is 124 Å². The van der Waals surface area contributed by atoms with Crippen LogP contribution in [0.1, 0.15) is 23.8 Å². The van der Waals surface area contributed by atoms with Crippen LogP contribution in [0.3, 0.4) is 0 Å². The molecule has 0 saturated heterocycles. The van der Waals surface area contributed by atoms with Gasteiger partial charge in [-0.25, -0.2) is 0 Å². The first-order valence-corrected chi connectivity index (χ1v) is 7.88. The van der Waals surface area contributed by atoms with E-state index < -0.39 is 0 Å². The molecule has 4 nitrogen and oxygen atoms in total. The van der Waals surface area contributed by atoms with Crippen molar-refractivity contribution < 1.29 is 9.47 Å². The van der Waals surface area contributed by atoms with Gasteiger partial charge < -0.3 is 0 Å². The molecule has 0 unspecified atom stereocenters. The fourth-order valence-corrected chi connectivity index (χ4v) is 3.84. The molecule has 2 aromatic rings. The Labute approximate surface area is 124 Å². The summed E-state index contributed by atoms with van der Waals surface area (Å²) < 4.78 is 17.0. The maximum absolute atomic E-state index is 6.14. The van der Waals surface area contributed by atoms with Crippen molar-refractivity contribution in [2.45, 2.75) is 26.4 Å². The van der Waals surface area contributed by atoms with Gasteiger partial charge in [0.1, 0.15) is 0 Å². The van der Waals surface area contributed by atoms with Crippen molar-refractivity contribution in [3.63, 3.8) is 0 Å². The molecule has 1 aromatic carbocycles. The Hall–Kier alpha value is -1.76. The van der Waals surface area contributed by atoms with Gasteiger partial charge in [-0.2, -0.15) is 0 Å². The molecule has 3 rings (SSSR count). The Bertz CT molecular complexity index is 713. The molecule has 0 radical (unpaired) electrons. The molecule has 1 aliphatic rings. The molecule has 0 N–H and O–H groups in total. The quantitative estimate of drug-likeness (QED) is 0.624. The van der Waals surface area contributed by atoms with E-state index in [2.05, 4.69) is 15.1 Å². The van der Waals surface area contributed by atoms with E-state index >= 15 is 0 Å². The number of hydrogen-bond acceptors (Lipinski definition) is 4. The number of nitrogens with zero attached hydrogens (tertiary/aromatic N) is 2. The maximum atomic E-state index is 6.14. The number of rotatable bonds is 2. The summed E-state index contributed by atoms with van der Waals surface area (Å²) in [6.45, 7) is 6.37. The zero-order valence-electron chi connectivity index (χ0n) is 11.6. The molecule has 102 valence electrons. The summed E-state index contributed by atoms with van der Waals surface area (Å²) >= 11 is 0.0294. The molecule has 0 aliphatic carbocycles. The Morgan fingerprint density at radius 1 is 1.45 bits per heavy atom. The van der Waals surface area contributed by atoms with Crippen LogP contribution in [0.2, 0.25) is 0 Å². The van der Waals surface area contributed by atoms with Gasteiger partial charge in [0.15, 0.2) is 0 Å². The predicted molar refractivity (Wildman–Crippen MR) is 77.1 cm³/mol. The second-order valence-electron chi connectivity index (χ2n) is 5.17. The van der Waals surface area contributed by atoms with Crippen molar-refractivity contribution in [1.82, 2.24) is 9.19 Å². The topological polar surface area (TPSA) is 44.2 Å². The predicted octanol–water partition coefficient (Wildman–Crippen LogP) is 2.15. The zero-order valence-corrected chi connectivity index (χ0v) is 13.3. The molecule has 20 heavy (non-hydrogen) atoms. The average Bonchev–Trinajstić information content (AvgIpc) is 2.85. The normalized spacial score (nSPS) is 14.7. The molecule has 5 heteroatoms. The Kier molecular flexibility index (Phi) is 3.08. The molecular formula is C15H14N2O2Se. The van der Waals surface area contributed by atoms with E-state index in [0.717, 1.165) is 28.3 Å². The van der Waals surface area contributed by atoms with Crippen molar-refractivity contribution >= 4 is 14.7 Å². The summed E-state index contributed by atoms with van der Waals surface area (Å²) in [7, 11) is 0. The summed E-state index contributed by atoms with van der Waals surface area (Å²) in [6.07, 6.45) is 5.23. The van der Waals surface area contributed by atoms with Gasteiger partial charge in [-0.05, 0) is 0 Å². The minimum absolute atomic E-state index is 0.0294. The number of hydrogen-bond donors (Lipinski definition) is 0. The Morgan fingerprint density at radius 3 is 3.00 bits per heavy atom. The summed E-state index contributed by atoms with van der Waals surface area (Å²) in [5.74, 6) is 3.98. The zero-order chi connectivity index (χ0) is 14.3. The van der Waals surface area contributed by atoms with Crippen LogP contribution in [-0.4, -0.2) is 30.5 Å². The van der Waals surface area contributed by atoms with Crippen LogP contribution in [0.25, 0.3) is 11.3 Å². The van der Waals surface area contributed by atoms with Crippen LogP contribution in [0.4, 0.5) is 0 Å². The second kappa shape index (κ2) is 4.66. The van der Waals surface area contributed by atoms with Gasteiger partial charge in [0.05, 0.1) is 0 Å². The molecule has 0 saturated carbocycles. The van der Waals surface area contributed by atoms with E-state index in [1.165, 1.54) is 4.44 Å². The number of terminal acetylenes is 1. The fourth-order valence-electron chi connectivity index (χ4n) is 2.39. The molecule has 2 heterocycles. The number of benzene rings is 1. The van der Waals surface area contributed by atoms with Gasteiger partial charge in [0.25, 0.3) is 0 Å². The summed E-state index contributed by atoms with van der Waals surface area (Å²) in [4.78, 5) is 0. The molecule has 1 aliphatic heterocycles. The van der Waals surface area contributed by atoms with Crippen molar-refractivity contribution in [3.8, 4) is 35.1 Å². The summed E-state index contributed by atoms with van der Waals surface area (Å²) in [6, 6.07) is 3.84. The SMILES string of the molecule is C#CCOc1cc(C)c2c(c1)OC(C)(C)c1[se]nnc1-2. The second-order valence-corrected chi connectivity index (χ2v) is 6.75. The van der Waals surface area contributed by atoms with E-state index in [0.29, 0.717) is 0 Å². The van der Waals surface area contributed by atoms with E-state index in [9.17, 15) is 0 Å². The number of aromatic nitrogens is 2. The summed E-state index contributed by atoms with van der Waals surface area (Å²) in [5, 5.41) is 4.33. The van der Waals surface area contributed by atoms with Crippen LogP contribution < -0.4 is 9.47 Å². The Morgan fingerprint density at radius 2 is 2.25 bits per heavy atom. The molecule has 0 amide bonds. The van der Waals surface area contributed by atoms with Crippen LogP contribution in [-0.2, 0) is 5.60 Å². The molecule has 0 fully saturated rings. The number of ether oxygens (including phenoxy) is 2. The van der Waals surface area contributed by atoms with Crippen LogP contribution in [0, 0.1) is 19.3 Å². The standard InChI is InChI=1S/C15H14N2O2Se/c1-5-6-18-10-7-9(2)12-11(8-10)19-15(3,4)14-13(12)16-17-20-14/h1,7-8H,6H2,2-4H3. The average molecular weight is 333 g/mol. The monoisotopic (exact) mass is 334 g/mol. The van der Waals surface area contributed by atoms with Gasteiger partial charge in [-0.3, -0.25) is 0 Å².